The van der Waals surface area contributed by atoms with Crippen molar-refractivity contribution >= 4 is 11.6 Å². The molecule has 108 valence electrons. The second-order valence-electron chi connectivity index (χ2n) is 5.17. The molecule has 4 heteroatoms. The Kier molecular flexibility index (Phi) is 3.52. The minimum absolute atomic E-state index is 0.198. The molecule has 0 bridgehead atoms. The number of ether oxygens (including phenoxy) is 2. The molecule has 0 aromatic heterocycles. The Bertz CT molecular complexity index is 681. The Morgan fingerprint density at radius 3 is 2.67 bits per heavy atom. The van der Waals surface area contributed by atoms with Crippen molar-refractivity contribution in [1.82, 2.24) is 0 Å². The number of fused-ring (bicyclic) bond motifs is 1. The summed E-state index contributed by atoms with van der Waals surface area (Å²) in [6.07, 6.45) is -0.638. The van der Waals surface area contributed by atoms with Crippen LogP contribution in [0.1, 0.15) is 11.1 Å². The zero-order valence-electron chi connectivity index (χ0n) is 12.1. The lowest BCUT2D eigenvalue weighted by atomic mass is 10.1. The number of amides is 1. The van der Waals surface area contributed by atoms with Crippen LogP contribution in [0.3, 0.4) is 0 Å². The Balaban J connectivity index is 1.72. The van der Waals surface area contributed by atoms with Crippen molar-refractivity contribution in [3.05, 3.63) is 53.6 Å². The van der Waals surface area contributed by atoms with Gasteiger partial charge in [-0.1, -0.05) is 29.8 Å². The van der Waals surface area contributed by atoms with Crippen LogP contribution in [0.5, 0.6) is 11.5 Å². The summed E-state index contributed by atoms with van der Waals surface area (Å²) in [5.74, 6) is 1.08. The number of rotatable bonds is 2. The highest BCUT2D eigenvalue weighted by atomic mass is 16.6. The lowest BCUT2D eigenvalue weighted by molar-refractivity contribution is -0.125. The first-order chi connectivity index (χ1) is 10.1. The quantitative estimate of drug-likeness (QED) is 0.921. The second kappa shape index (κ2) is 5.48. The number of nitrogens with one attached hydrogen (secondary N) is 1. The number of carbonyl (C=O) groups is 1. The molecule has 4 nitrogen and oxygen atoms in total. The molecule has 0 unspecified atom stereocenters. The van der Waals surface area contributed by atoms with Gasteiger partial charge < -0.3 is 14.8 Å². The lowest BCUT2D eigenvalue weighted by Gasteiger charge is -2.25. The van der Waals surface area contributed by atoms with Crippen LogP contribution < -0.4 is 14.8 Å². The molecule has 0 saturated carbocycles. The highest BCUT2D eigenvalue weighted by molar-refractivity contribution is 5.95. The van der Waals surface area contributed by atoms with Crippen LogP contribution in [0.2, 0.25) is 0 Å². The van der Waals surface area contributed by atoms with E-state index in [1.165, 1.54) is 0 Å². The molecular weight excluding hydrogens is 266 g/mol. The van der Waals surface area contributed by atoms with Gasteiger partial charge in [-0.3, -0.25) is 4.79 Å². The second-order valence-corrected chi connectivity index (χ2v) is 5.17. The van der Waals surface area contributed by atoms with E-state index in [1.54, 1.807) is 6.07 Å². The van der Waals surface area contributed by atoms with Crippen molar-refractivity contribution in [3.8, 4) is 11.5 Å². The fourth-order valence-corrected chi connectivity index (χ4v) is 2.32. The molecular formula is C17H17NO3. The van der Waals surface area contributed by atoms with Crippen LogP contribution in [-0.4, -0.2) is 18.6 Å². The molecule has 21 heavy (non-hydrogen) atoms. The Labute approximate surface area is 123 Å². The maximum Gasteiger partial charge on any atom is 0.269 e. The van der Waals surface area contributed by atoms with E-state index < -0.39 is 6.10 Å². The van der Waals surface area contributed by atoms with E-state index in [-0.39, 0.29) is 12.5 Å². The first-order valence-electron chi connectivity index (χ1n) is 6.90. The summed E-state index contributed by atoms with van der Waals surface area (Å²) >= 11 is 0. The van der Waals surface area contributed by atoms with Gasteiger partial charge in [0.05, 0.1) is 0 Å². The van der Waals surface area contributed by atoms with Crippen LogP contribution in [0.25, 0.3) is 0 Å². The van der Waals surface area contributed by atoms with Gasteiger partial charge in [-0.15, -0.1) is 0 Å². The van der Waals surface area contributed by atoms with Gasteiger partial charge in [-0.25, -0.2) is 0 Å². The first kappa shape index (κ1) is 13.5. The Morgan fingerprint density at radius 1 is 1.14 bits per heavy atom. The molecule has 1 amide bonds. The van der Waals surface area contributed by atoms with E-state index in [0.717, 1.165) is 16.8 Å². The molecule has 1 aliphatic rings. The average Bonchev–Trinajstić information content (AvgIpc) is 2.49. The van der Waals surface area contributed by atoms with Crippen LogP contribution in [0.15, 0.2) is 42.5 Å². The Morgan fingerprint density at radius 2 is 1.90 bits per heavy atom. The number of para-hydroxylation sites is 2. The lowest BCUT2D eigenvalue weighted by Crippen LogP contribution is -2.40. The van der Waals surface area contributed by atoms with E-state index in [2.05, 4.69) is 5.32 Å². The third-order valence-electron chi connectivity index (χ3n) is 3.44. The SMILES string of the molecule is Cc1ccc(NC(=O)[C@@H]2COc3ccccc3O2)c(C)c1. The number of benzene rings is 2. The zero-order chi connectivity index (χ0) is 14.8. The van der Waals surface area contributed by atoms with Crippen LogP contribution >= 0.6 is 0 Å². The van der Waals surface area contributed by atoms with E-state index in [9.17, 15) is 4.79 Å². The van der Waals surface area contributed by atoms with Crippen molar-refractivity contribution < 1.29 is 14.3 Å². The standard InChI is InChI=1S/C17H17NO3/c1-11-7-8-13(12(2)9-11)18-17(19)16-10-20-14-5-3-4-6-15(14)21-16/h3-9,16H,10H2,1-2H3,(H,18,19)/t16-/m0/s1. The molecule has 2 aromatic carbocycles. The summed E-state index contributed by atoms with van der Waals surface area (Å²) < 4.78 is 11.3. The molecule has 3 rings (SSSR count). The summed E-state index contributed by atoms with van der Waals surface area (Å²) in [5, 5.41) is 2.89. The molecule has 2 aromatic rings. The summed E-state index contributed by atoms with van der Waals surface area (Å²) in [6, 6.07) is 13.3. The maximum atomic E-state index is 12.3. The van der Waals surface area contributed by atoms with Crippen molar-refractivity contribution in [2.24, 2.45) is 0 Å². The van der Waals surface area contributed by atoms with Crippen molar-refractivity contribution in [3.63, 3.8) is 0 Å². The molecule has 1 heterocycles. The molecule has 0 aliphatic carbocycles. The predicted molar refractivity (Wildman–Crippen MR) is 80.9 cm³/mol. The van der Waals surface area contributed by atoms with Crippen LogP contribution in [0, 0.1) is 13.8 Å². The molecule has 0 spiro atoms. The number of anilines is 1. The van der Waals surface area contributed by atoms with Crippen molar-refractivity contribution in [1.29, 1.82) is 0 Å². The van der Waals surface area contributed by atoms with Gasteiger partial charge >= 0.3 is 0 Å². The largest absolute Gasteiger partial charge is 0.485 e. The van der Waals surface area contributed by atoms with Crippen LogP contribution in [-0.2, 0) is 4.79 Å². The van der Waals surface area contributed by atoms with Crippen LogP contribution in [0.4, 0.5) is 5.69 Å². The van der Waals surface area contributed by atoms with E-state index >= 15 is 0 Å². The Hall–Kier alpha value is -2.49. The molecule has 1 aliphatic heterocycles. The topological polar surface area (TPSA) is 47.6 Å². The average molecular weight is 283 g/mol. The van der Waals surface area contributed by atoms with Gasteiger partial charge in [-0.2, -0.15) is 0 Å². The first-order valence-corrected chi connectivity index (χ1v) is 6.90. The maximum absolute atomic E-state index is 12.3. The minimum atomic E-state index is -0.638. The third-order valence-corrected chi connectivity index (χ3v) is 3.44. The monoisotopic (exact) mass is 283 g/mol. The summed E-state index contributed by atoms with van der Waals surface area (Å²) in [4.78, 5) is 12.3. The number of hydrogen-bond acceptors (Lipinski definition) is 3. The van der Waals surface area contributed by atoms with Gasteiger partial charge in [0.2, 0.25) is 6.10 Å². The molecule has 1 N–H and O–H groups in total. The van der Waals surface area contributed by atoms with E-state index in [0.29, 0.717) is 11.5 Å². The van der Waals surface area contributed by atoms with Crippen molar-refractivity contribution in [2.45, 2.75) is 20.0 Å². The molecule has 1 atom stereocenters. The molecule has 0 radical (unpaired) electrons. The third kappa shape index (κ3) is 2.84. The highest BCUT2D eigenvalue weighted by Crippen LogP contribution is 2.31. The predicted octanol–water partition coefficient (Wildman–Crippen LogP) is 3.08. The van der Waals surface area contributed by atoms with Gasteiger partial charge in [0.15, 0.2) is 11.5 Å². The van der Waals surface area contributed by atoms with Gasteiger partial charge in [-0.05, 0) is 37.6 Å². The van der Waals surface area contributed by atoms with Gasteiger partial charge in [0, 0.05) is 5.69 Å². The van der Waals surface area contributed by atoms with Gasteiger partial charge in [0.25, 0.3) is 5.91 Å². The number of aryl methyl sites for hydroxylation is 2. The highest BCUT2D eigenvalue weighted by Gasteiger charge is 2.27. The zero-order valence-corrected chi connectivity index (χ0v) is 12.1. The summed E-state index contributed by atoms with van der Waals surface area (Å²) in [7, 11) is 0. The van der Waals surface area contributed by atoms with Gasteiger partial charge in [0.1, 0.15) is 6.61 Å². The summed E-state index contributed by atoms with van der Waals surface area (Å²) in [6.45, 7) is 4.21. The fourth-order valence-electron chi connectivity index (χ4n) is 2.32. The smallest absolute Gasteiger partial charge is 0.269 e. The fraction of sp³-hybridized carbons (Fsp3) is 0.235. The van der Waals surface area contributed by atoms with E-state index in [4.69, 9.17) is 9.47 Å². The summed E-state index contributed by atoms with van der Waals surface area (Å²) in [5.41, 5.74) is 2.99. The molecule has 0 fully saturated rings. The number of carbonyl (C=O) groups excluding carboxylic acids is 1. The molecule has 0 saturated heterocycles. The normalized spacial score (nSPS) is 16.4. The minimum Gasteiger partial charge on any atom is -0.485 e. The number of hydrogen-bond donors (Lipinski definition) is 1. The van der Waals surface area contributed by atoms with E-state index in [1.807, 2.05) is 50.2 Å². The van der Waals surface area contributed by atoms with Crippen molar-refractivity contribution in [2.75, 3.05) is 11.9 Å².